The third-order valence-corrected chi connectivity index (χ3v) is 6.58. The summed E-state index contributed by atoms with van der Waals surface area (Å²) in [5, 5.41) is 3.03. The van der Waals surface area contributed by atoms with Gasteiger partial charge in [-0.05, 0) is 43.2 Å². The Morgan fingerprint density at radius 3 is 2.83 bits per heavy atom. The van der Waals surface area contributed by atoms with E-state index in [1.807, 2.05) is 36.4 Å². The van der Waals surface area contributed by atoms with Crippen LogP contribution in [-0.4, -0.2) is 66.5 Å². The van der Waals surface area contributed by atoms with Crippen molar-refractivity contribution >= 4 is 11.8 Å². The molecule has 1 aromatic carbocycles. The van der Waals surface area contributed by atoms with E-state index in [1.165, 1.54) is 0 Å². The molecule has 6 nitrogen and oxygen atoms in total. The maximum atomic E-state index is 12.8. The van der Waals surface area contributed by atoms with E-state index < -0.39 is 0 Å². The summed E-state index contributed by atoms with van der Waals surface area (Å²) in [4.78, 5) is 29.8. The molecule has 1 N–H and O–H groups in total. The Balaban J connectivity index is 1.40. The van der Waals surface area contributed by atoms with Gasteiger partial charge in [0.25, 0.3) is 5.91 Å². The number of benzene rings is 1. The number of nitrogens with zero attached hydrogens (tertiary/aromatic N) is 2. The molecule has 6 heteroatoms. The number of carbonyl (C=O) groups is 2. The Morgan fingerprint density at radius 1 is 1.24 bits per heavy atom. The molecule has 2 bridgehead atoms. The number of fused-ring (bicyclic) bond motifs is 4. The fourth-order valence-electron chi connectivity index (χ4n) is 5.40. The number of amides is 2. The van der Waals surface area contributed by atoms with Gasteiger partial charge in [0.1, 0.15) is 5.75 Å². The fraction of sp³-hybridized carbons (Fsp3) is 0.565. The van der Waals surface area contributed by atoms with Gasteiger partial charge in [-0.25, -0.2) is 0 Å². The van der Waals surface area contributed by atoms with E-state index in [2.05, 4.69) is 21.7 Å². The van der Waals surface area contributed by atoms with Crippen LogP contribution in [0.1, 0.15) is 25.7 Å². The Morgan fingerprint density at radius 2 is 2.03 bits per heavy atom. The Bertz CT molecular complexity index is 738. The normalized spacial score (nSPS) is 29.1. The van der Waals surface area contributed by atoms with Gasteiger partial charge in [-0.1, -0.05) is 24.3 Å². The van der Waals surface area contributed by atoms with Crippen molar-refractivity contribution in [3.63, 3.8) is 0 Å². The van der Waals surface area contributed by atoms with Crippen molar-refractivity contribution in [1.29, 1.82) is 0 Å². The van der Waals surface area contributed by atoms with Gasteiger partial charge in [0.05, 0.1) is 6.04 Å². The van der Waals surface area contributed by atoms with Crippen LogP contribution in [0.15, 0.2) is 43.0 Å². The average molecular weight is 398 g/mol. The Hall–Kier alpha value is -2.34. The molecule has 3 heterocycles. The molecule has 2 amide bonds. The van der Waals surface area contributed by atoms with E-state index in [-0.39, 0.29) is 24.5 Å². The highest BCUT2D eigenvalue weighted by atomic mass is 16.5. The lowest BCUT2D eigenvalue weighted by molar-refractivity contribution is -0.152. The number of nitrogens with one attached hydrogen (secondary N) is 1. The number of hydrogen-bond donors (Lipinski definition) is 1. The van der Waals surface area contributed by atoms with Crippen LogP contribution in [0, 0.1) is 11.8 Å². The van der Waals surface area contributed by atoms with E-state index in [0.29, 0.717) is 36.6 Å². The van der Waals surface area contributed by atoms with Gasteiger partial charge in [-0.2, -0.15) is 0 Å². The summed E-state index contributed by atoms with van der Waals surface area (Å²) in [6.45, 7) is 7.27. The average Bonchev–Trinajstić information content (AvgIpc) is 2.73. The highest BCUT2D eigenvalue weighted by Crippen LogP contribution is 2.41. The molecule has 0 aromatic heterocycles. The first-order valence-corrected chi connectivity index (χ1v) is 10.7. The molecule has 0 radical (unpaired) electrons. The second-order valence-corrected chi connectivity index (χ2v) is 8.50. The van der Waals surface area contributed by atoms with Crippen molar-refractivity contribution in [3.05, 3.63) is 43.0 Å². The smallest absolute Gasteiger partial charge is 0.258 e. The van der Waals surface area contributed by atoms with Gasteiger partial charge in [0.15, 0.2) is 6.61 Å². The fourth-order valence-corrected chi connectivity index (χ4v) is 5.40. The summed E-state index contributed by atoms with van der Waals surface area (Å²) in [6.07, 6.45) is 5.79. The number of hydrogen-bond acceptors (Lipinski definition) is 4. The zero-order valence-electron chi connectivity index (χ0n) is 17.0. The minimum atomic E-state index is -0.143. The minimum absolute atomic E-state index is 0.00993. The Labute approximate surface area is 172 Å². The molecule has 0 unspecified atom stereocenters. The van der Waals surface area contributed by atoms with E-state index in [1.54, 1.807) is 0 Å². The molecule has 1 aromatic rings. The predicted molar refractivity (Wildman–Crippen MR) is 111 cm³/mol. The topological polar surface area (TPSA) is 61.9 Å². The summed E-state index contributed by atoms with van der Waals surface area (Å²) in [6, 6.07) is 9.72. The molecular weight excluding hydrogens is 366 g/mol. The molecule has 3 saturated heterocycles. The van der Waals surface area contributed by atoms with Crippen molar-refractivity contribution < 1.29 is 14.3 Å². The van der Waals surface area contributed by atoms with E-state index in [4.69, 9.17) is 4.74 Å². The second kappa shape index (κ2) is 8.99. The van der Waals surface area contributed by atoms with Gasteiger partial charge in [-0.15, -0.1) is 6.58 Å². The van der Waals surface area contributed by atoms with Crippen LogP contribution in [0.4, 0.5) is 0 Å². The molecule has 0 saturated carbocycles. The van der Waals surface area contributed by atoms with E-state index in [9.17, 15) is 9.59 Å². The number of rotatable bonds is 7. The van der Waals surface area contributed by atoms with Gasteiger partial charge in [0.2, 0.25) is 5.91 Å². The summed E-state index contributed by atoms with van der Waals surface area (Å²) < 4.78 is 5.55. The maximum Gasteiger partial charge on any atom is 0.258 e. The van der Waals surface area contributed by atoms with Crippen LogP contribution >= 0.6 is 0 Å². The molecule has 156 valence electrons. The highest BCUT2D eigenvalue weighted by molar-refractivity contribution is 5.79. The van der Waals surface area contributed by atoms with Crippen molar-refractivity contribution in [2.45, 2.75) is 37.8 Å². The molecular formula is C23H31N3O3. The van der Waals surface area contributed by atoms with Gasteiger partial charge in [-0.3, -0.25) is 14.5 Å². The minimum Gasteiger partial charge on any atom is -0.484 e. The number of ether oxygens (including phenoxy) is 1. The summed E-state index contributed by atoms with van der Waals surface area (Å²) in [7, 11) is 0. The maximum absolute atomic E-state index is 12.8. The van der Waals surface area contributed by atoms with Crippen molar-refractivity contribution in [3.8, 4) is 5.75 Å². The van der Waals surface area contributed by atoms with Crippen molar-refractivity contribution in [1.82, 2.24) is 15.1 Å². The first-order chi connectivity index (χ1) is 14.2. The number of carbonyl (C=O) groups excluding carboxylic acids is 2. The number of piperidine rings is 3. The molecule has 3 aliphatic rings. The highest BCUT2D eigenvalue weighted by Gasteiger charge is 2.49. The van der Waals surface area contributed by atoms with Crippen LogP contribution in [0.25, 0.3) is 0 Å². The molecule has 29 heavy (non-hydrogen) atoms. The monoisotopic (exact) mass is 397 g/mol. The largest absolute Gasteiger partial charge is 0.484 e. The standard InChI is InChI=1S/C23H31N3O3/c1-2-11-25-14-17-12-18(15-25)21(26-20(17)9-6-10-23(26)28)13-24-22(27)16-29-19-7-4-3-5-8-19/h2-5,7-8,17-18,20-21H,1,6,9-16H2,(H,24,27)/t17-,18+,20+,21+/m1/s1. The Kier molecular flexibility index (Phi) is 6.19. The van der Waals surface area contributed by atoms with Crippen LogP contribution in [0.2, 0.25) is 0 Å². The lowest BCUT2D eigenvalue weighted by Gasteiger charge is -2.56. The summed E-state index contributed by atoms with van der Waals surface area (Å²) >= 11 is 0. The molecule has 0 spiro atoms. The summed E-state index contributed by atoms with van der Waals surface area (Å²) in [5.74, 6) is 1.72. The SMILES string of the molecule is C=CCN1C[C@H]2C[C@@H](C1)[C@H](CNC(=O)COc1ccccc1)N1C(=O)CCC[C@@H]21. The second-order valence-electron chi connectivity index (χ2n) is 8.50. The van der Waals surface area contributed by atoms with Crippen LogP contribution in [0.3, 0.4) is 0 Å². The van der Waals surface area contributed by atoms with E-state index >= 15 is 0 Å². The van der Waals surface area contributed by atoms with Crippen LogP contribution < -0.4 is 10.1 Å². The molecule has 4 atom stereocenters. The van der Waals surface area contributed by atoms with Gasteiger partial charge < -0.3 is 15.0 Å². The number of para-hydroxylation sites is 1. The third kappa shape index (κ3) is 4.47. The molecule has 3 aliphatic heterocycles. The molecule has 0 aliphatic carbocycles. The van der Waals surface area contributed by atoms with Gasteiger partial charge >= 0.3 is 0 Å². The van der Waals surface area contributed by atoms with Crippen molar-refractivity contribution in [2.75, 3.05) is 32.8 Å². The van der Waals surface area contributed by atoms with E-state index in [0.717, 1.165) is 38.9 Å². The molecule has 4 rings (SSSR count). The summed E-state index contributed by atoms with van der Waals surface area (Å²) in [5.41, 5.74) is 0. The lowest BCUT2D eigenvalue weighted by Crippen LogP contribution is -2.67. The first kappa shape index (κ1) is 20.0. The lowest BCUT2D eigenvalue weighted by atomic mass is 9.72. The van der Waals surface area contributed by atoms with Crippen molar-refractivity contribution in [2.24, 2.45) is 11.8 Å². The predicted octanol–water partition coefficient (Wildman–Crippen LogP) is 2.07. The third-order valence-electron chi connectivity index (χ3n) is 6.58. The number of likely N-dealkylation sites (tertiary alicyclic amines) is 1. The van der Waals surface area contributed by atoms with Gasteiger partial charge in [0, 0.05) is 38.6 Å². The quantitative estimate of drug-likeness (QED) is 0.716. The molecule has 3 fully saturated rings. The van der Waals surface area contributed by atoms with Crippen LogP contribution in [-0.2, 0) is 9.59 Å². The zero-order valence-corrected chi connectivity index (χ0v) is 17.0. The zero-order chi connectivity index (χ0) is 20.2. The first-order valence-electron chi connectivity index (χ1n) is 10.7. The van der Waals surface area contributed by atoms with Crippen LogP contribution in [0.5, 0.6) is 5.75 Å².